The molecular weight excluding hydrogens is 466 g/mol. The fourth-order valence-electron chi connectivity index (χ4n) is 3.94. The first-order chi connectivity index (χ1) is 17.5. The minimum atomic E-state index is -0.920. The van der Waals surface area contributed by atoms with Crippen LogP contribution in [0, 0.1) is 11.6 Å². The molecule has 0 bridgehead atoms. The van der Waals surface area contributed by atoms with Gasteiger partial charge in [-0.05, 0) is 54.6 Å². The van der Waals surface area contributed by atoms with E-state index in [9.17, 15) is 14.3 Å². The van der Waals surface area contributed by atoms with E-state index in [4.69, 9.17) is 4.74 Å². The Balaban J connectivity index is 1.65. The van der Waals surface area contributed by atoms with E-state index in [0.29, 0.717) is 23.4 Å². The summed E-state index contributed by atoms with van der Waals surface area (Å²) in [4.78, 5) is 19.4. The molecule has 9 heteroatoms. The van der Waals surface area contributed by atoms with Gasteiger partial charge in [0.1, 0.15) is 11.6 Å². The molecule has 0 aliphatic rings. The second kappa shape index (κ2) is 11.7. The van der Waals surface area contributed by atoms with Crippen LogP contribution in [0.2, 0.25) is 0 Å². The number of aromatic amines is 1. The van der Waals surface area contributed by atoms with Crippen molar-refractivity contribution in [3.8, 4) is 22.5 Å². The van der Waals surface area contributed by atoms with Crippen molar-refractivity contribution in [1.82, 2.24) is 20.1 Å². The lowest BCUT2D eigenvalue weighted by Crippen LogP contribution is -2.40. The summed E-state index contributed by atoms with van der Waals surface area (Å²) in [5.41, 5.74) is 2.39. The fraction of sp³-hybridized carbons (Fsp3) is 0.222. The molecule has 0 aliphatic carbocycles. The SMILES string of the molecule is COC[C@H](O)CN(CCc1ccccn1)C(=O)c1cccc(F)c1-c1cc(-c2ccc(F)cc2)n[nH]1. The van der Waals surface area contributed by atoms with E-state index in [1.807, 2.05) is 12.1 Å². The molecule has 186 valence electrons. The highest BCUT2D eigenvalue weighted by atomic mass is 19.1. The average molecular weight is 493 g/mol. The number of hydrogen-bond acceptors (Lipinski definition) is 5. The number of H-pyrrole nitrogens is 1. The Hall–Kier alpha value is -3.95. The van der Waals surface area contributed by atoms with Crippen LogP contribution in [0.4, 0.5) is 8.78 Å². The van der Waals surface area contributed by atoms with Crippen molar-refractivity contribution in [2.45, 2.75) is 12.5 Å². The molecule has 36 heavy (non-hydrogen) atoms. The molecule has 4 rings (SSSR count). The monoisotopic (exact) mass is 492 g/mol. The highest BCUT2D eigenvalue weighted by Crippen LogP contribution is 2.30. The van der Waals surface area contributed by atoms with Gasteiger partial charge in [-0.1, -0.05) is 12.1 Å². The van der Waals surface area contributed by atoms with Crippen molar-refractivity contribution in [3.05, 3.63) is 95.8 Å². The molecule has 0 fully saturated rings. The van der Waals surface area contributed by atoms with Gasteiger partial charge in [0, 0.05) is 49.6 Å². The first kappa shape index (κ1) is 25.2. The second-order valence-electron chi connectivity index (χ2n) is 8.27. The van der Waals surface area contributed by atoms with Gasteiger partial charge < -0.3 is 14.7 Å². The summed E-state index contributed by atoms with van der Waals surface area (Å²) in [6, 6.07) is 17.2. The number of pyridine rings is 1. The van der Waals surface area contributed by atoms with Gasteiger partial charge in [-0.25, -0.2) is 8.78 Å². The molecular formula is C27H26F2N4O3. The lowest BCUT2D eigenvalue weighted by molar-refractivity contribution is 0.0331. The van der Waals surface area contributed by atoms with E-state index in [1.165, 1.54) is 42.3 Å². The number of rotatable bonds is 10. The third-order valence-electron chi connectivity index (χ3n) is 5.67. The van der Waals surface area contributed by atoms with Crippen LogP contribution in [0.3, 0.4) is 0 Å². The van der Waals surface area contributed by atoms with Gasteiger partial charge in [0.05, 0.1) is 29.7 Å². The van der Waals surface area contributed by atoms with Crippen molar-refractivity contribution < 1.29 is 23.4 Å². The number of ether oxygens (including phenoxy) is 1. The maximum absolute atomic E-state index is 15.1. The van der Waals surface area contributed by atoms with Crippen LogP contribution in [-0.2, 0) is 11.2 Å². The third-order valence-corrected chi connectivity index (χ3v) is 5.67. The molecule has 0 unspecified atom stereocenters. The Bertz CT molecular complexity index is 1300. The molecule has 2 aromatic carbocycles. The number of methoxy groups -OCH3 is 1. The Morgan fingerprint density at radius 2 is 1.92 bits per heavy atom. The number of aliphatic hydroxyl groups excluding tert-OH is 1. The van der Waals surface area contributed by atoms with E-state index >= 15 is 4.39 Å². The predicted octanol–water partition coefficient (Wildman–Crippen LogP) is 4.11. The number of nitrogens with zero attached hydrogens (tertiary/aromatic N) is 3. The van der Waals surface area contributed by atoms with Gasteiger partial charge in [0.2, 0.25) is 0 Å². The van der Waals surface area contributed by atoms with Crippen LogP contribution in [0.1, 0.15) is 16.1 Å². The van der Waals surface area contributed by atoms with Crippen molar-refractivity contribution in [2.75, 3.05) is 26.8 Å². The highest BCUT2D eigenvalue weighted by Gasteiger charge is 2.25. The normalized spacial score (nSPS) is 11.9. The van der Waals surface area contributed by atoms with Crippen molar-refractivity contribution >= 4 is 5.91 Å². The third kappa shape index (κ3) is 5.99. The zero-order valence-electron chi connectivity index (χ0n) is 19.7. The second-order valence-corrected chi connectivity index (χ2v) is 8.27. The highest BCUT2D eigenvalue weighted by molar-refractivity contribution is 6.00. The van der Waals surface area contributed by atoms with E-state index in [-0.39, 0.29) is 36.6 Å². The number of hydrogen-bond donors (Lipinski definition) is 2. The van der Waals surface area contributed by atoms with Crippen molar-refractivity contribution in [3.63, 3.8) is 0 Å². The summed E-state index contributed by atoms with van der Waals surface area (Å²) in [5, 5.41) is 17.4. The molecule has 2 N–H and O–H groups in total. The van der Waals surface area contributed by atoms with E-state index < -0.39 is 17.8 Å². The number of benzene rings is 2. The summed E-state index contributed by atoms with van der Waals surface area (Å²) in [5.74, 6) is -1.43. The maximum atomic E-state index is 15.1. The lowest BCUT2D eigenvalue weighted by atomic mass is 10.0. The molecule has 0 saturated heterocycles. The van der Waals surface area contributed by atoms with Gasteiger partial charge in [-0.3, -0.25) is 14.9 Å². The van der Waals surface area contributed by atoms with Crippen LogP contribution in [0.5, 0.6) is 0 Å². The van der Waals surface area contributed by atoms with E-state index in [1.54, 1.807) is 30.5 Å². The number of amides is 1. The Kier molecular flexibility index (Phi) is 8.14. The fourth-order valence-corrected chi connectivity index (χ4v) is 3.94. The maximum Gasteiger partial charge on any atom is 0.254 e. The molecule has 1 atom stereocenters. The summed E-state index contributed by atoms with van der Waals surface area (Å²) in [7, 11) is 1.46. The number of aromatic nitrogens is 3. The van der Waals surface area contributed by atoms with Crippen molar-refractivity contribution in [1.29, 1.82) is 0 Å². The summed E-state index contributed by atoms with van der Waals surface area (Å²) in [6.07, 6.45) is 1.20. The molecule has 0 radical (unpaired) electrons. The Morgan fingerprint density at radius 1 is 1.11 bits per heavy atom. The zero-order chi connectivity index (χ0) is 25.5. The van der Waals surface area contributed by atoms with Gasteiger partial charge >= 0.3 is 0 Å². The van der Waals surface area contributed by atoms with Crippen LogP contribution < -0.4 is 0 Å². The molecule has 0 saturated carbocycles. The number of halogens is 2. The van der Waals surface area contributed by atoms with Gasteiger partial charge in [-0.15, -0.1) is 0 Å². The standard InChI is InChI=1S/C27H26F2N4O3/c1-36-17-21(34)16-33(14-12-20-5-2-3-13-30-20)27(35)22-6-4-7-23(29)26(22)25-15-24(31-32-25)18-8-10-19(28)11-9-18/h2-11,13,15,21,34H,12,14,16-17H2,1H3,(H,31,32)/t21-/m1/s1. The van der Waals surface area contributed by atoms with Crippen LogP contribution in [0.25, 0.3) is 22.5 Å². The van der Waals surface area contributed by atoms with Gasteiger partial charge in [0.15, 0.2) is 0 Å². The van der Waals surface area contributed by atoms with E-state index in [0.717, 1.165) is 5.69 Å². The molecule has 7 nitrogen and oxygen atoms in total. The average Bonchev–Trinajstić information content (AvgIpc) is 3.37. The lowest BCUT2D eigenvalue weighted by Gasteiger charge is -2.26. The molecule has 1 amide bonds. The largest absolute Gasteiger partial charge is 0.389 e. The summed E-state index contributed by atoms with van der Waals surface area (Å²) >= 11 is 0. The molecule has 0 aliphatic heterocycles. The number of aliphatic hydroxyl groups is 1. The Morgan fingerprint density at radius 3 is 2.64 bits per heavy atom. The van der Waals surface area contributed by atoms with Gasteiger partial charge in [0.25, 0.3) is 5.91 Å². The first-order valence-electron chi connectivity index (χ1n) is 11.4. The van der Waals surface area contributed by atoms with Crippen LogP contribution in [0.15, 0.2) is 72.9 Å². The molecule has 2 aromatic heterocycles. The molecule has 4 aromatic rings. The predicted molar refractivity (Wildman–Crippen MR) is 131 cm³/mol. The zero-order valence-corrected chi connectivity index (χ0v) is 19.7. The summed E-state index contributed by atoms with van der Waals surface area (Å²) in [6.45, 7) is 0.306. The topological polar surface area (TPSA) is 91.3 Å². The summed E-state index contributed by atoms with van der Waals surface area (Å²) < 4.78 is 33.4. The number of carbonyl (C=O) groups is 1. The minimum Gasteiger partial charge on any atom is -0.389 e. The molecule has 2 heterocycles. The van der Waals surface area contributed by atoms with Crippen molar-refractivity contribution in [2.24, 2.45) is 0 Å². The van der Waals surface area contributed by atoms with E-state index in [2.05, 4.69) is 15.2 Å². The van der Waals surface area contributed by atoms with Gasteiger partial charge in [-0.2, -0.15) is 5.10 Å². The van der Waals surface area contributed by atoms with Crippen LogP contribution >= 0.6 is 0 Å². The number of nitrogens with one attached hydrogen (secondary N) is 1. The Labute approximate surface area is 207 Å². The first-order valence-corrected chi connectivity index (χ1v) is 11.4. The quantitative estimate of drug-likeness (QED) is 0.348. The minimum absolute atomic E-state index is 0.000728. The smallest absolute Gasteiger partial charge is 0.254 e. The number of carbonyl (C=O) groups excluding carboxylic acids is 1. The molecule has 0 spiro atoms. The van der Waals surface area contributed by atoms with Crippen LogP contribution in [-0.4, -0.2) is 64.0 Å².